The van der Waals surface area contributed by atoms with E-state index in [2.05, 4.69) is 5.10 Å². The van der Waals surface area contributed by atoms with Crippen molar-refractivity contribution >= 4 is 23.5 Å². The normalized spacial score (nSPS) is 18.7. The topological polar surface area (TPSA) is 90.3 Å². The number of nitrogens with zero attached hydrogens (tertiary/aromatic N) is 3. The van der Waals surface area contributed by atoms with Crippen LogP contribution in [-0.4, -0.2) is 51.6 Å². The summed E-state index contributed by atoms with van der Waals surface area (Å²) in [5, 5.41) is 14.5. The summed E-state index contributed by atoms with van der Waals surface area (Å²) in [6, 6.07) is 5.77. The Morgan fingerprint density at radius 3 is 2.42 bits per heavy atom. The zero-order chi connectivity index (χ0) is 18.7. The van der Waals surface area contributed by atoms with Gasteiger partial charge in [-0.3, -0.25) is 14.4 Å². The number of amides is 2. The van der Waals surface area contributed by atoms with Crippen molar-refractivity contribution in [3.8, 4) is 0 Å². The highest BCUT2D eigenvalue weighted by atomic mass is 19.1. The first kappa shape index (κ1) is 18.0. The van der Waals surface area contributed by atoms with E-state index in [0.29, 0.717) is 31.6 Å². The molecule has 1 saturated heterocycles. The molecule has 0 radical (unpaired) electrons. The highest BCUT2D eigenvalue weighted by Crippen LogP contribution is 2.20. The molecule has 0 aromatic heterocycles. The Balaban J connectivity index is 1.67. The first-order valence-corrected chi connectivity index (χ1v) is 8.58. The summed E-state index contributed by atoms with van der Waals surface area (Å²) >= 11 is 0. The van der Waals surface area contributed by atoms with Crippen LogP contribution in [0.5, 0.6) is 0 Å². The lowest BCUT2D eigenvalue weighted by Crippen LogP contribution is -2.45. The van der Waals surface area contributed by atoms with Gasteiger partial charge in [-0.2, -0.15) is 5.10 Å². The maximum atomic E-state index is 13.0. The molecule has 0 aliphatic carbocycles. The summed E-state index contributed by atoms with van der Waals surface area (Å²) in [4.78, 5) is 37.3. The average molecular weight is 361 g/mol. The number of hydrazone groups is 1. The van der Waals surface area contributed by atoms with E-state index in [0.717, 1.165) is 5.56 Å². The van der Waals surface area contributed by atoms with E-state index >= 15 is 0 Å². The fourth-order valence-corrected chi connectivity index (χ4v) is 3.15. The SMILES string of the molecule is O=C(O)C1CCN(C(=O)C2=NN(Cc3ccc(F)cc3)C(=O)CC2)CC1. The maximum Gasteiger partial charge on any atom is 0.306 e. The molecule has 0 bridgehead atoms. The van der Waals surface area contributed by atoms with E-state index in [4.69, 9.17) is 5.11 Å². The number of piperidine rings is 1. The second-order valence-electron chi connectivity index (χ2n) is 6.53. The van der Waals surface area contributed by atoms with Gasteiger partial charge in [0.15, 0.2) is 0 Å². The lowest BCUT2D eigenvalue weighted by atomic mass is 9.96. The largest absolute Gasteiger partial charge is 0.481 e. The average Bonchev–Trinajstić information content (AvgIpc) is 2.65. The van der Waals surface area contributed by atoms with Gasteiger partial charge in [0.05, 0.1) is 12.5 Å². The van der Waals surface area contributed by atoms with Crippen molar-refractivity contribution < 1.29 is 23.9 Å². The minimum atomic E-state index is -0.830. The van der Waals surface area contributed by atoms with Crippen LogP contribution < -0.4 is 0 Å². The Hall–Kier alpha value is -2.77. The zero-order valence-corrected chi connectivity index (χ0v) is 14.2. The number of benzene rings is 1. The van der Waals surface area contributed by atoms with Gasteiger partial charge in [0, 0.05) is 25.9 Å². The van der Waals surface area contributed by atoms with Gasteiger partial charge in [0.25, 0.3) is 5.91 Å². The second kappa shape index (κ2) is 7.63. The van der Waals surface area contributed by atoms with Crippen molar-refractivity contribution in [3.63, 3.8) is 0 Å². The summed E-state index contributed by atoms with van der Waals surface area (Å²) < 4.78 is 13.0. The molecule has 1 N–H and O–H groups in total. The van der Waals surface area contributed by atoms with Gasteiger partial charge >= 0.3 is 5.97 Å². The number of rotatable bonds is 4. The van der Waals surface area contributed by atoms with E-state index in [1.165, 1.54) is 17.1 Å². The predicted molar refractivity (Wildman–Crippen MR) is 90.6 cm³/mol. The van der Waals surface area contributed by atoms with Crippen molar-refractivity contribution in [3.05, 3.63) is 35.6 Å². The molecule has 7 nitrogen and oxygen atoms in total. The van der Waals surface area contributed by atoms with Crippen LogP contribution in [0, 0.1) is 11.7 Å². The maximum absolute atomic E-state index is 13.0. The summed E-state index contributed by atoms with van der Waals surface area (Å²) in [7, 11) is 0. The Morgan fingerprint density at radius 2 is 1.81 bits per heavy atom. The molecule has 2 heterocycles. The van der Waals surface area contributed by atoms with Crippen LogP contribution in [0.25, 0.3) is 0 Å². The number of aliphatic carboxylic acids is 1. The number of carbonyl (C=O) groups excluding carboxylic acids is 2. The zero-order valence-electron chi connectivity index (χ0n) is 14.2. The third kappa shape index (κ3) is 4.07. The van der Waals surface area contributed by atoms with Crippen LogP contribution in [0.2, 0.25) is 0 Å². The van der Waals surface area contributed by atoms with Crippen molar-refractivity contribution in [1.29, 1.82) is 0 Å². The molecule has 2 aliphatic rings. The van der Waals surface area contributed by atoms with Crippen LogP contribution in [0.3, 0.4) is 0 Å². The van der Waals surface area contributed by atoms with Crippen LogP contribution in [0.15, 0.2) is 29.4 Å². The molecule has 8 heteroatoms. The van der Waals surface area contributed by atoms with Gasteiger partial charge in [0.1, 0.15) is 11.5 Å². The van der Waals surface area contributed by atoms with Gasteiger partial charge in [0.2, 0.25) is 5.91 Å². The molecule has 1 aromatic carbocycles. The molecule has 26 heavy (non-hydrogen) atoms. The molecule has 3 rings (SSSR count). The molecule has 0 unspecified atom stereocenters. The first-order valence-electron chi connectivity index (χ1n) is 8.58. The Kier molecular flexibility index (Phi) is 5.29. The fourth-order valence-electron chi connectivity index (χ4n) is 3.15. The van der Waals surface area contributed by atoms with E-state index < -0.39 is 11.9 Å². The quantitative estimate of drug-likeness (QED) is 0.882. The van der Waals surface area contributed by atoms with Crippen molar-refractivity contribution in [2.75, 3.05) is 13.1 Å². The number of carboxylic acid groups (broad SMARTS) is 1. The Labute approximate surface area is 150 Å². The Bertz CT molecular complexity index is 739. The fraction of sp³-hybridized carbons (Fsp3) is 0.444. The smallest absolute Gasteiger partial charge is 0.306 e. The second-order valence-corrected chi connectivity index (χ2v) is 6.53. The number of carbonyl (C=O) groups is 3. The predicted octanol–water partition coefficient (Wildman–Crippen LogP) is 1.63. The molecule has 0 spiro atoms. The van der Waals surface area contributed by atoms with Crippen LogP contribution in [0.1, 0.15) is 31.2 Å². The van der Waals surface area contributed by atoms with Crippen molar-refractivity contribution in [2.45, 2.75) is 32.2 Å². The number of carboxylic acids is 1. The molecule has 1 aromatic rings. The summed E-state index contributed by atoms with van der Waals surface area (Å²) in [6.45, 7) is 0.929. The Morgan fingerprint density at radius 1 is 1.15 bits per heavy atom. The highest BCUT2D eigenvalue weighted by Gasteiger charge is 2.31. The van der Waals surface area contributed by atoms with Crippen LogP contribution >= 0.6 is 0 Å². The lowest BCUT2D eigenvalue weighted by molar-refractivity contribution is -0.144. The molecule has 0 saturated carbocycles. The number of likely N-dealkylation sites (tertiary alicyclic amines) is 1. The standard InChI is InChI=1S/C18H20FN3O4/c19-14-3-1-12(2-4-14)11-22-16(23)6-5-15(20-22)17(24)21-9-7-13(8-10-21)18(25)26/h1-4,13H,5-11H2,(H,25,26). The van der Waals surface area contributed by atoms with E-state index in [9.17, 15) is 18.8 Å². The first-order chi connectivity index (χ1) is 12.4. The molecular formula is C18H20FN3O4. The summed E-state index contributed by atoms with van der Waals surface area (Å²) in [5.41, 5.74) is 1.03. The van der Waals surface area contributed by atoms with E-state index in [1.807, 2.05) is 0 Å². The van der Waals surface area contributed by atoms with E-state index in [-0.39, 0.29) is 37.0 Å². The van der Waals surface area contributed by atoms with Gasteiger partial charge in [-0.05, 0) is 30.5 Å². The molecule has 2 aliphatic heterocycles. The van der Waals surface area contributed by atoms with Gasteiger partial charge in [-0.25, -0.2) is 9.40 Å². The molecular weight excluding hydrogens is 341 g/mol. The summed E-state index contributed by atoms with van der Waals surface area (Å²) in [6.07, 6.45) is 1.31. The van der Waals surface area contributed by atoms with Gasteiger partial charge in [-0.1, -0.05) is 12.1 Å². The van der Waals surface area contributed by atoms with Crippen LogP contribution in [0.4, 0.5) is 4.39 Å². The van der Waals surface area contributed by atoms with E-state index in [1.54, 1.807) is 17.0 Å². The molecule has 0 atom stereocenters. The third-order valence-electron chi connectivity index (χ3n) is 4.73. The molecule has 1 fully saturated rings. The number of hydrogen-bond donors (Lipinski definition) is 1. The molecule has 138 valence electrons. The minimum Gasteiger partial charge on any atom is -0.481 e. The monoisotopic (exact) mass is 361 g/mol. The highest BCUT2D eigenvalue weighted by molar-refractivity contribution is 6.39. The number of hydrogen-bond acceptors (Lipinski definition) is 4. The van der Waals surface area contributed by atoms with Crippen LogP contribution in [-0.2, 0) is 20.9 Å². The number of halogens is 1. The summed E-state index contributed by atoms with van der Waals surface area (Å²) in [5.74, 6) is -2.03. The lowest BCUT2D eigenvalue weighted by Gasteiger charge is -2.32. The third-order valence-corrected chi connectivity index (χ3v) is 4.73. The van der Waals surface area contributed by atoms with Crippen molar-refractivity contribution in [1.82, 2.24) is 9.91 Å². The van der Waals surface area contributed by atoms with Crippen molar-refractivity contribution in [2.24, 2.45) is 11.0 Å². The van der Waals surface area contributed by atoms with Gasteiger partial charge < -0.3 is 10.0 Å². The molecule has 2 amide bonds. The van der Waals surface area contributed by atoms with Gasteiger partial charge in [-0.15, -0.1) is 0 Å². The minimum absolute atomic E-state index is 0.178.